The van der Waals surface area contributed by atoms with E-state index in [1.165, 1.54) is 6.08 Å². The second kappa shape index (κ2) is 5.75. The van der Waals surface area contributed by atoms with E-state index in [4.69, 9.17) is 10.5 Å². The highest BCUT2D eigenvalue weighted by Gasteiger charge is 2.43. The number of nitrogen functional groups attached to an aromatic ring is 1. The van der Waals surface area contributed by atoms with Gasteiger partial charge in [-0.2, -0.15) is 0 Å². The molecule has 0 radical (unpaired) electrons. The van der Waals surface area contributed by atoms with Crippen molar-refractivity contribution in [1.29, 1.82) is 0 Å². The Labute approximate surface area is 116 Å². The first kappa shape index (κ1) is 14.1. The summed E-state index contributed by atoms with van der Waals surface area (Å²) in [7, 11) is 0. The number of rotatable bonds is 4. The highest BCUT2D eigenvalue weighted by Crippen LogP contribution is 2.19. The molecule has 1 unspecified atom stereocenters. The maximum Gasteiger partial charge on any atom is 0.331 e. The summed E-state index contributed by atoms with van der Waals surface area (Å²) >= 11 is 0. The van der Waals surface area contributed by atoms with Crippen LogP contribution >= 0.6 is 0 Å². The maximum atomic E-state index is 11.8. The van der Waals surface area contributed by atoms with Crippen molar-refractivity contribution in [2.75, 3.05) is 18.9 Å². The molecule has 1 amide bonds. The predicted molar refractivity (Wildman–Crippen MR) is 73.8 cm³/mol. The van der Waals surface area contributed by atoms with Gasteiger partial charge in [0, 0.05) is 24.8 Å². The number of benzene rings is 1. The Bertz CT molecular complexity index is 548. The van der Waals surface area contributed by atoms with E-state index in [1.807, 2.05) is 0 Å². The summed E-state index contributed by atoms with van der Waals surface area (Å²) in [4.78, 5) is 23.1. The standard InChI is InChI=1S/C14H16N2O4/c15-11-3-1-2-10(8-11)4-5-12(17)16-14(13(18)19)6-7-20-9-14/h1-5,8H,6-7,9,15H2,(H,16,17)(H,18,19)/b5-4+. The summed E-state index contributed by atoms with van der Waals surface area (Å²) in [5.74, 6) is -1.55. The van der Waals surface area contributed by atoms with Crippen molar-refractivity contribution in [3.63, 3.8) is 0 Å². The van der Waals surface area contributed by atoms with Crippen LogP contribution in [0.2, 0.25) is 0 Å². The van der Waals surface area contributed by atoms with Crippen molar-refractivity contribution in [3.05, 3.63) is 35.9 Å². The lowest BCUT2D eigenvalue weighted by Gasteiger charge is -2.22. The number of carbonyl (C=O) groups excluding carboxylic acids is 1. The quantitative estimate of drug-likeness (QED) is 0.553. The molecule has 1 aromatic rings. The number of carboxylic acid groups (broad SMARTS) is 1. The molecule has 1 fully saturated rings. The van der Waals surface area contributed by atoms with E-state index in [0.717, 1.165) is 5.56 Å². The summed E-state index contributed by atoms with van der Waals surface area (Å²) < 4.78 is 5.06. The topological polar surface area (TPSA) is 102 Å². The monoisotopic (exact) mass is 276 g/mol. The summed E-state index contributed by atoms with van der Waals surface area (Å²) in [5.41, 5.74) is 5.67. The van der Waals surface area contributed by atoms with E-state index in [1.54, 1.807) is 30.3 Å². The number of nitrogens with one attached hydrogen (secondary N) is 1. The Morgan fingerprint density at radius 1 is 1.45 bits per heavy atom. The Morgan fingerprint density at radius 3 is 2.85 bits per heavy atom. The molecule has 0 aliphatic carbocycles. The van der Waals surface area contributed by atoms with Crippen LogP contribution in [0, 0.1) is 0 Å². The number of ether oxygens (including phenoxy) is 1. The molecule has 1 aromatic carbocycles. The summed E-state index contributed by atoms with van der Waals surface area (Å²) in [6.07, 6.45) is 3.13. The number of amides is 1. The molecular weight excluding hydrogens is 260 g/mol. The van der Waals surface area contributed by atoms with Gasteiger partial charge < -0.3 is 20.9 Å². The molecule has 0 bridgehead atoms. The first-order valence-electron chi connectivity index (χ1n) is 6.19. The summed E-state index contributed by atoms with van der Waals surface area (Å²) in [6.45, 7) is 0.311. The maximum absolute atomic E-state index is 11.8. The van der Waals surface area contributed by atoms with Gasteiger partial charge in [0.1, 0.15) is 0 Å². The minimum atomic E-state index is -1.32. The van der Waals surface area contributed by atoms with Crippen LogP contribution in [0.5, 0.6) is 0 Å². The number of carboxylic acids is 1. The molecule has 1 aliphatic rings. The van der Waals surface area contributed by atoms with Gasteiger partial charge in [-0.05, 0) is 23.8 Å². The van der Waals surface area contributed by atoms with Crippen molar-refractivity contribution in [2.24, 2.45) is 0 Å². The molecule has 2 rings (SSSR count). The van der Waals surface area contributed by atoms with E-state index >= 15 is 0 Å². The number of anilines is 1. The van der Waals surface area contributed by atoms with Crippen LogP contribution in [0.1, 0.15) is 12.0 Å². The molecule has 1 aliphatic heterocycles. The molecule has 0 aromatic heterocycles. The molecule has 0 saturated carbocycles. The van der Waals surface area contributed by atoms with Crippen LogP contribution in [-0.2, 0) is 14.3 Å². The molecule has 1 heterocycles. The van der Waals surface area contributed by atoms with Gasteiger partial charge in [0.15, 0.2) is 5.54 Å². The van der Waals surface area contributed by atoms with Gasteiger partial charge >= 0.3 is 5.97 Å². The van der Waals surface area contributed by atoms with Crippen molar-refractivity contribution in [2.45, 2.75) is 12.0 Å². The van der Waals surface area contributed by atoms with E-state index in [9.17, 15) is 14.7 Å². The fraction of sp³-hybridized carbons (Fsp3) is 0.286. The van der Waals surface area contributed by atoms with Crippen molar-refractivity contribution >= 4 is 23.6 Å². The number of hydrogen-bond donors (Lipinski definition) is 3. The van der Waals surface area contributed by atoms with Crippen LogP contribution < -0.4 is 11.1 Å². The van der Waals surface area contributed by atoms with E-state index in [-0.39, 0.29) is 13.0 Å². The normalized spacial score (nSPS) is 22.0. The Hall–Kier alpha value is -2.34. The Morgan fingerprint density at radius 2 is 2.25 bits per heavy atom. The first-order valence-corrected chi connectivity index (χ1v) is 6.19. The zero-order valence-corrected chi connectivity index (χ0v) is 10.8. The Kier molecular flexibility index (Phi) is 4.05. The summed E-state index contributed by atoms with van der Waals surface area (Å²) in [6, 6.07) is 7.03. The third-order valence-electron chi connectivity index (χ3n) is 3.13. The SMILES string of the molecule is Nc1cccc(/C=C/C(=O)NC2(C(=O)O)CCOC2)c1. The molecule has 4 N–H and O–H groups in total. The average Bonchev–Trinajstić information content (AvgIpc) is 2.86. The van der Waals surface area contributed by atoms with E-state index in [2.05, 4.69) is 5.32 Å². The highest BCUT2D eigenvalue weighted by molar-refractivity contribution is 5.96. The minimum Gasteiger partial charge on any atom is -0.479 e. The van der Waals surface area contributed by atoms with Gasteiger partial charge in [-0.25, -0.2) is 4.79 Å². The van der Waals surface area contributed by atoms with Crippen molar-refractivity contribution < 1.29 is 19.4 Å². The molecule has 20 heavy (non-hydrogen) atoms. The molecule has 106 valence electrons. The van der Waals surface area contributed by atoms with Crippen LogP contribution in [0.25, 0.3) is 6.08 Å². The number of nitrogens with two attached hydrogens (primary N) is 1. The van der Waals surface area contributed by atoms with E-state index in [0.29, 0.717) is 12.3 Å². The van der Waals surface area contributed by atoms with Gasteiger partial charge in [-0.15, -0.1) is 0 Å². The molecule has 6 nitrogen and oxygen atoms in total. The number of carbonyl (C=O) groups is 2. The lowest BCUT2D eigenvalue weighted by Crippen LogP contribution is -2.54. The fourth-order valence-electron chi connectivity index (χ4n) is 2.00. The number of hydrogen-bond acceptors (Lipinski definition) is 4. The highest BCUT2D eigenvalue weighted by atomic mass is 16.5. The fourth-order valence-corrected chi connectivity index (χ4v) is 2.00. The van der Waals surface area contributed by atoms with Crippen LogP contribution in [0.3, 0.4) is 0 Å². The minimum absolute atomic E-state index is 0.0137. The first-order chi connectivity index (χ1) is 9.52. The van der Waals surface area contributed by atoms with Crippen molar-refractivity contribution in [3.8, 4) is 0 Å². The predicted octanol–water partition coefficient (Wildman–Crippen LogP) is 0.642. The zero-order chi connectivity index (χ0) is 14.6. The molecule has 6 heteroatoms. The Balaban J connectivity index is 2.03. The average molecular weight is 276 g/mol. The van der Waals surface area contributed by atoms with Gasteiger partial charge in [0.2, 0.25) is 5.91 Å². The van der Waals surface area contributed by atoms with Crippen LogP contribution in [-0.4, -0.2) is 35.7 Å². The second-order valence-corrected chi connectivity index (χ2v) is 4.68. The zero-order valence-electron chi connectivity index (χ0n) is 10.8. The van der Waals surface area contributed by atoms with Crippen LogP contribution in [0.4, 0.5) is 5.69 Å². The number of aliphatic carboxylic acids is 1. The molecule has 0 spiro atoms. The lowest BCUT2D eigenvalue weighted by molar-refractivity contribution is -0.147. The van der Waals surface area contributed by atoms with Gasteiger partial charge in [-0.3, -0.25) is 4.79 Å². The molecule has 1 saturated heterocycles. The van der Waals surface area contributed by atoms with Crippen LogP contribution in [0.15, 0.2) is 30.3 Å². The summed E-state index contributed by atoms with van der Waals surface area (Å²) in [5, 5.41) is 11.7. The van der Waals surface area contributed by atoms with Gasteiger partial charge in [0.25, 0.3) is 0 Å². The smallest absolute Gasteiger partial charge is 0.331 e. The molecule has 1 atom stereocenters. The van der Waals surface area contributed by atoms with Gasteiger partial charge in [0.05, 0.1) is 6.61 Å². The van der Waals surface area contributed by atoms with Crippen molar-refractivity contribution in [1.82, 2.24) is 5.32 Å². The van der Waals surface area contributed by atoms with E-state index < -0.39 is 17.4 Å². The van der Waals surface area contributed by atoms with Gasteiger partial charge in [-0.1, -0.05) is 12.1 Å². The third-order valence-corrected chi connectivity index (χ3v) is 3.13. The lowest BCUT2D eigenvalue weighted by atomic mass is 9.99. The largest absolute Gasteiger partial charge is 0.479 e. The second-order valence-electron chi connectivity index (χ2n) is 4.68. The molecular formula is C14H16N2O4. The third kappa shape index (κ3) is 3.16.